The van der Waals surface area contributed by atoms with Gasteiger partial charge in [-0.05, 0) is 64.7 Å². The first-order valence-electron chi connectivity index (χ1n) is 19.3. The molecule has 0 spiro atoms. The number of para-hydroxylation sites is 4. The van der Waals surface area contributed by atoms with Crippen LogP contribution in [0.5, 0.6) is 0 Å². The van der Waals surface area contributed by atoms with Crippen molar-refractivity contribution in [2.24, 2.45) is 0 Å². The molecule has 0 unspecified atom stereocenters. The Bertz CT molecular complexity index is 3640. The summed E-state index contributed by atoms with van der Waals surface area (Å²) in [6.07, 6.45) is 0. The zero-order valence-electron chi connectivity index (χ0n) is 30.5. The summed E-state index contributed by atoms with van der Waals surface area (Å²) in [7, 11) is 0. The van der Waals surface area contributed by atoms with Crippen LogP contribution in [0.4, 0.5) is 0 Å². The second-order valence-corrected chi connectivity index (χ2v) is 14.9. The Hall–Kier alpha value is -7.76. The fraction of sp³-hybridized carbons (Fsp3) is 0. The highest BCUT2D eigenvalue weighted by molar-refractivity contribution is 6.28. The Labute approximate surface area is 326 Å². The summed E-state index contributed by atoms with van der Waals surface area (Å²) in [5.41, 5.74) is 16.6. The maximum atomic E-state index is 6.43. The van der Waals surface area contributed by atoms with Crippen LogP contribution in [-0.4, -0.2) is 19.1 Å². The number of fused-ring (bicyclic) bond motifs is 15. The highest BCUT2D eigenvalue weighted by Crippen LogP contribution is 2.52. The van der Waals surface area contributed by atoms with Gasteiger partial charge in [-0.3, -0.25) is 4.57 Å². The SMILES string of the molecule is c1ccc(-c2cccc(-c3nc4oc5ccccc5c4nc3-n3c4ccccc4c4c5c6c(cc43)c3ccccc3n6-c3ccccc3-c3ccccc3-5)c2)cc1. The number of hydrogen-bond acceptors (Lipinski definition) is 3. The van der Waals surface area contributed by atoms with Crippen LogP contribution in [-0.2, 0) is 0 Å². The summed E-state index contributed by atoms with van der Waals surface area (Å²) in [6.45, 7) is 0. The lowest BCUT2D eigenvalue weighted by Crippen LogP contribution is -2.03. The molecule has 12 aromatic rings. The fourth-order valence-corrected chi connectivity index (χ4v) is 9.48. The quantitative estimate of drug-likeness (QED) is 0.182. The van der Waals surface area contributed by atoms with Gasteiger partial charge in [0.1, 0.15) is 16.8 Å². The molecule has 0 radical (unpaired) electrons. The molecule has 8 aromatic carbocycles. The van der Waals surface area contributed by atoms with E-state index < -0.39 is 0 Å². The molecule has 0 saturated carbocycles. The number of furan rings is 1. The van der Waals surface area contributed by atoms with Crippen LogP contribution in [0.25, 0.3) is 122 Å². The molecular weight excluding hydrogens is 697 g/mol. The molecule has 0 aliphatic carbocycles. The number of hydrogen-bond donors (Lipinski definition) is 0. The van der Waals surface area contributed by atoms with Crippen molar-refractivity contribution in [1.29, 1.82) is 0 Å². The van der Waals surface area contributed by atoms with Gasteiger partial charge in [0.2, 0.25) is 5.71 Å². The average Bonchev–Trinajstić information content (AvgIpc) is 3.90. The second kappa shape index (κ2) is 11.4. The predicted molar refractivity (Wildman–Crippen MR) is 233 cm³/mol. The summed E-state index contributed by atoms with van der Waals surface area (Å²) in [6, 6.07) is 64.9. The maximum Gasteiger partial charge on any atom is 0.247 e. The van der Waals surface area contributed by atoms with Gasteiger partial charge in [-0.2, -0.15) is 0 Å². The fourth-order valence-electron chi connectivity index (χ4n) is 9.48. The van der Waals surface area contributed by atoms with E-state index in [2.05, 4.69) is 173 Å². The van der Waals surface area contributed by atoms with Gasteiger partial charge in [-0.25, -0.2) is 9.97 Å². The molecule has 5 heterocycles. The Morgan fingerprint density at radius 2 is 1.07 bits per heavy atom. The van der Waals surface area contributed by atoms with E-state index in [1.54, 1.807) is 0 Å². The zero-order chi connectivity index (χ0) is 37.2. The normalized spacial score (nSPS) is 12.2. The summed E-state index contributed by atoms with van der Waals surface area (Å²) in [4.78, 5) is 11.0. The zero-order valence-corrected chi connectivity index (χ0v) is 30.5. The summed E-state index contributed by atoms with van der Waals surface area (Å²) in [5, 5.41) is 5.68. The van der Waals surface area contributed by atoms with E-state index in [4.69, 9.17) is 14.4 Å². The van der Waals surface area contributed by atoms with Crippen molar-refractivity contribution in [2.45, 2.75) is 0 Å². The molecule has 0 N–H and O–H groups in total. The van der Waals surface area contributed by atoms with E-state index in [1.165, 1.54) is 55.1 Å². The predicted octanol–water partition coefficient (Wildman–Crippen LogP) is 13.6. The first-order chi connectivity index (χ1) is 28.3. The van der Waals surface area contributed by atoms with Gasteiger partial charge in [0.05, 0.1) is 27.8 Å². The molecule has 264 valence electrons. The lowest BCUT2D eigenvalue weighted by molar-refractivity contribution is 0.653. The molecule has 0 saturated heterocycles. The van der Waals surface area contributed by atoms with E-state index in [1.807, 2.05) is 18.2 Å². The minimum atomic E-state index is 0.518. The largest absolute Gasteiger partial charge is 0.436 e. The monoisotopic (exact) mass is 726 g/mol. The van der Waals surface area contributed by atoms with Crippen LogP contribution in [0.2, 0.25) is 0 Å². The minimum Gasteiger partial charge on any atom is -0.436 e. The van der Waals surface area contributed by atoms with Crippen molar-refractivity contribution in [2.75, 3.05) is 0 Å². The third-order valence-electron chi connectivity index (χ3n) is 11.9. The van der Waals surface area contributed by atoms with Crippen molar-refractivity contribution in [3.8, 4) is 56.1 Å². The smallest absolute Gasteiger partial charge is 0.247 e. The van der Waals surface area contributed by atoms with Gasteiger partial charge >= 0.3 is 0 Å². The van der Waals surface area contributed by atoms with Crippen molar-refractivity contribution in [3.63, 3.8) is 0 Å². The van der Waals surface area contributed by atoms with Crippen LogP contribution < -0.4 is 0 Å². The molecule has 0 amide bonds. The molecule has 1 aliphatic rings. The minimum absolute atomic E-state index is 0.518. The van der Waals surface area contributed by atoms with Gasteiger partial charge in [0.25, 0.3) is 0 Å². The molecular formula is C52H30N4O. The molecule has 0 fully saturated rings. The number of rotatable bonds is 3. The third kappa shape index (κ3) is 4.17. The molecule has 5 heteroatoms. The molecule has 5 nitrogen and oxygen atoms in total. The van der Waals surface area contributed by atoms with E-state index in [9.17, 15) is 0 Å². The molecule has 4 aromatic heterocycles. The number of nitrogens with zero attached hydrogens (tertiary/aromatic N) is 4. The highest BCUT2D eigenvalue weighted by Gasteiger charge is 2.30. The van der Waals surface area contributed by atoms with Crippen molar-refractivity contribution in [1.82, 2.24) is 19.1 Å². The average molecular weight is 727 g/mol. The van der Waals surface area contributed by atoms with Crippen molar-refractivity contribution >= 4 is 65.8 Å². The molecule has 1 aliphatic heterocycles. The molecule has 13 rings (SSSR count). The summed E-state index contributed by atoms with van der Waals surface area (Å²) in [5.74, 6) is 0.756. The van der Waals surface area contributed by atoms with E-state index in [0.29, 0.717) is 5.71 Å². The van der Waals surface area contributed by atoms with Crippen molar-refractivity contribution in [3.05, 3.63) is 182 Å². The Morgan fingerprint density at radius 1 is 0.421 bits per heavy atom. The third-order valence-corrected chi connectivity index (χ3v) is 11.9. The Balaban J connectivity index is 1.23. The summed E-state index contributed by atoms with van der Waals surface area (Å²) >= 11 is 0. The van der Waals surface area contributed by atoms with Crippen LogP contribution in [0.15, 0.2) is 186 Å². The van der Waals surface area contributed by atoms with Crippen LogP contribution in [0.3, 0.4) is 0 Å². The first kappa shape index (κ1) is 30.6. The Morgan fingerprint density at radius 3 is 1.93 bits per heavy atom. The number of aromatic nitrogens is 4. The van der Waals surface area contributed by atoms with Gasteiger partial charge in [0.15, 0.2) is 5.82 Å². The number of benzene rings is 8. The Kier molecular flexibility index (Phi) is 6.10. The van der Waals surface area contributed by atoms with Gasteiger partial charge in [-0.15, -0.1) is 0 Å². The molecule has 0 bridgehead atoms. The standard InChI is InChI=1S/C52H30N4O/c1-2-15-31(16-3-1)32-17-14-18-33(29-32)48-51(53-49-39-24-9-13-28-45(39)57-52(49)54-48)56-43-27-12-8-23-38(43)46-44(56)30-40-36-21-7-11-26-42(36)55-41-25-10-6-20-35(41)34-19-4-5-22-37(34)47(46)50(40)55/h1-30H. The summed E-state index contributed by atoms with van der Waals surface area (Å²) < 4.78 is 11.3. The molecule has 0 atom stereocenters. The van der Waals surface area contributed by atoms with E-state index in [-0.39, 0.29) is 0 Å². The van der Waals surface area contributed by atoms with Crippen LogP contribution in [0, 0.1) is 0 Å². The molecule has 57 heavy (non-hydrogen) atoms. The lowest BCUT2D eigenvalue weighted by Gasteiger charge is -2.14. The van der Waals surface area contributed by atoms with Crippen LogP contribution in [0.1, 0.15) is 0 Å². The van der Waals surface area contributed by atoms with Crippen LogP contribution >= 0.6 is 0 Å². The van der Waals surface area contributed by atoms with E-state index in [0.717, 1.165) is 61.1 Å². The van der Waals surface area contributed by atoms with Gasteiger partial charge in [-0.1, -0.05) is 140 Å². The second-order valence-electron chi connectivity index (χ2n) is 14.9. The van der Waals surface area contributed by atoms with Gasteiger partial charge in [0, 0.05) is 43.6 Å². The van der Waals surface area contributed by atoms with E-state index >= 15 is 0 Å². The lowest BCUT2D eigenvalue weighted by atomic mass is 9.91. The maximum absolute atomic E-state index is 6.43. The first-order valence-corrected chi connectivity index (χ1v) is 19.3. The highest BCUT2D eigenvalue weighted by atomic mass is 16.3. The topological polar surface area (TPSA) is 48.8 Å². The van der Waals surface area contributed by atoms with Gasteiger partial charge < -0.3 is 8.98 Å². The van der Waals surface area contributed by atoms with Crippen molar-refractivity contribution < 1.29 is 4.42 Å².